The first-order valence-electron chi connectivity index (χ1n) is 10.3. The summed E-state index contributed by atoms with van der Waals surface area (Å²) in [4.78, 5) is 0. The molecule has 0 aliphatic carbocycles. The lowest BCUT2D eigenvalue weighted by Crippen LogP contribution is -1.99. The number of rotatable bonds is 6. The third kappa shape index (κ3) is 3.86. The minimum absolute atomic E-state index is 0. The second-order valence-electron chi connectivity index (χ2n) is 7.38. The minimum Gasteiger partial charge on any atom is -0.497 e. The van der Waals surface area contributed by atoms with Gasteiger partial charge in [0.1, 0.15) is 22.9 Å². The fraction of sp³-hybridized carbons (Fsp3) is 0.280. The van der Waals surface area contributed by atoms with Crippen LogP contribution in [0, 0.1) is 20.8 Å². The molecule has 0 aliphatic rings. The van der Waals surface area contributed by atoms with E-state index in [-0.39, 0.29) is 12.4 Å². The highest BCUT2D eigenvalue weighted by molar-refractivity contribution is 6.01. The number of ether oxygens (including phenoxy) is 3. The van der Waals surface area contributed by atoms with E-state index in [9.17, 15) is 0 Å². The van der Waals surface area contributed by atoms with Crippen LogP contribution in [-0.4, -0.2) is 35.6 Å². The lowest BCUT2D eigenvalue weighted by Gasteiger charge is -2.12. The largest absolute Gasteiger partial charge is 0.497 e. The molecule has 0 amide bonds. The van der Waals surface area contributed by atoms with Gasteiger partial charge < -0.3 is 18.8 Å². The lowest BCUT2D eigenvalue weighted by molar-refractivity contribution is 0.340. The number of benzene rings is 2. The molecule has 2 heterocycles. The van der Waals surface area contributed by atoms with Crippen molar-refractivity contribution in [2.24, 2.45) is 0 Å². The van der Waals surface area contributed by atoms with E-state index in [0.29, 0.717) is 12.4 Å². The molecule has 6 nitrogen and oxygen atoms in total. The first-order valence-corrected chi connectivity index (χ1v) is 10.3. The van der Waals surface area contributed by atoms with Crippen molar-refractivity contribution in [1.29, 1.82) is 0 Å². The molecule has 2 aromatic heterocycles. The minimum atomic E-state index is 0. The molecule has 0 unspecified atom stereocenters. The molecule has 2 aromatic carbocycles. The molecule has 0 aliphatic heterocycles. The smallest absolute Gasteiger partial charge is 0.132 e. The van der Waals surface area contributed by atoms with Crippen LogP contribution in [0.3, 0.4) is 0 Å². The molecule has 4 rings (SSSR count). The topological polar surface area (TPSA) is 58.4 Å². The van der Waals surface area contributed by atoms with E-state index in [1.807, 2.05) is 44.2 Å². The Morgan fingerprint density at radius 1 is 0.812 bits per heavy atom. The molecule has 0 N–H and O–H groups in total. The Balaban J connectivity index is 0.00000289. The van der Waals surface area contributed by atoms with Crippen molar-refractivity contribution in [3.8, 4) is 34.2 Å². The predicted octanol–water partition coefficient (Wildman–Crippen LogP) is 5.85. The van der Waals surface area contributed by atoms with Gasteiger partial charge in [0, 0.05) is 39.5 Å². The van der Waals surface area contributed by atoms with Crippen LogP contribution in [0.5, 0.6) is 17.2 Å². The zero-order chi connectivity index (χ0) is 22.1. The van der Waals surface area contributed by atoms with Crippen LogP contribution >= 0.6 is 12.4 Å². The zero-order valence-corrected chi connectivity index (χ0v) is 20.0. The monoisotopic (exact) mass is 453 g/mol. The maximum atomic E-state index is 5.65. The molecule has 0 atom stereocenters. The Hall–Kier alpha value is -3.25. The van der Waals surface area contributed by atoms with Crippen LogP contribution in [0.4, 0.5) is 0 Å². The van der Waals surface area contributed by atoms with E-state index in [1.165, 1.54) is 0 Å². The van der Waals surface area contributed by atoms with Gasteiger partial charge in [-0.15, -0.1) is 17.5 Å². The third-order valence-electron chi connectivity index (χ3n) is 5.61. The van der Waals surface area contributed by atoms with Crippen LogP contribution in [0.2, 0.25) is 0 Å². The molecular formula is C25H28ClN3O3. The number of hydrogen-bond acceptors (Lipinski definition) is 5. The van der Waals surface area contributed by atoms with Gasteiger partial charge in [-0.3, -0.25) is 0 Å². The fourth-order valence-electron chi connectivity index (χ4n) is 4.22. The van der Waals surface area contributed by atoms with Gasteiger partial charge in [0.25, 0.3) is 0 Å². The highest BCUT2D eigenvalue weighted by Gasteiger charge is 2.22. The van der Waals surface area contributed by atoms with Crippen LogP contribution < -0.4 is 14.2 Å². The van der Waals surface area contributed by atoms with Crippen molar-refractivity contribution >= 4 is 23.2 Å². The summed E-state index contributed by atoms with van der Waals surface area (Å²) >= 11 is 0. The number of aromatic nitrogens is 3. The highest BCUT2D eigenvalue weighted by atomic mass is 35.5. The van der Waals surface area contributed by atoms with Gasteiger partial charge in [0.05, 0.1) is 26.5 Å². The summed E-state index contributed by atoms with van der Waals surface area (Å²) in [6.45, 7) is 8.87. The Kier molecular flexibility index (Phi) is 6.94. The summed E-state index contributed by atoms with van der Waals surface area (Å²) < 4.78 is 18.9. The second kappa shape index (κ2) is 9.49. The normalized spacial score (nSPS) is 10.7. The van der Waals surface area contributed by atoms with Gasteiger partial charge >= 0.3 is 0 Å². The molecule has 0 spiro atoms. The average Bonchev–Trinajstić information content (AvgIpc) is 3.06. The molecule has 32 heavy (non-hydrogen) atoms. The molecule has 168 valence electrons. The summed E-state index contributed by atoms with van der Waals surface area (Å²) in [6.07, 6.45) is 0. The van der Waals surface area contributed by atoms with Crippen molar-refractivity contribution < 1.29 is 14.2 Å². The summed E-state index contributed by atoms with van der Waals surface area (Å²) in [5, 5.41) is 11.2. The van der Waals surface area contributed by atoms with Crippen molar-refractivity contribution in [3.05, 3.63) is 59.5 Å². The van der Waals surface area contributed by atoms with E-state index in [2.05, 4.69) is 40.7 Å². The van der Waals surface area contributed by atoms with Crippen LogP contribution in [0.15, 0.2) is 42.5 Å². The number of fused-ring (bicyclic) bond motifs is 1. The summed E-state index contributed by atoms with van der Waals surface area (Å²) in [7, 11) is 3.29. The van der Waals surface area contributed by atoms with Crippen LogP contribution in [0.25, 0.3) is 27.7 Å². The summed E-state index contributed by atoms with van der Waals surface area (Å²) in [5.74, 6) is 2.29. The van der Waals surface area contributed by atoms with Crippen LogP contribution in [-0.2, 0) is 0 Å². The maximum Gasteiger partial charge on any atom is 0.132 e. The average molecular weight is 454 g/mol. The summed E-state index contributed by atoms with van der Waals surface area (Å²) in [6, 6.07) is 13.9. The Morgan fingerprint density at radius 2 is 1.47 bits per heavy atom. The molecule has 4 aromatic rings. The molecular weight excluding hydrogens is 426 g/mol. The standard InChI is InChI=1S/C25H27N3O3.ClH/c1-7-31-19-10-8-18(9-11-19)28-16(3)23-15(2)26-27-25(24(23)17(28)4)21-13-12-20(29-5)14-22(21)30-6;/h8-14H,7H2,1-6H3;1H. The van der Waals surface area contributed by atoms with E-state index in [4.69, 9.17) is 14.2 Å². The number of aryl methyl sites for hydroxylation is 3. The van der Waals surface area contributed by atoms with Crippen LogP contribution in [0.1, 0.15) is 24.0 Å². The molecule has 0 saturated carbocycles. The quantitative estimate of drug-likeness (QED) is 0.366. The maximum absolute atomic E-state index is 5.65. The summed E-state index contributed by atoms with van der Waals surface area (Å²) in [5.41, 5.74) is 5.87. The Morgan fingerprint density at radius 3 is 2.09 bits per heavy atom. The molecule has 0 fully saturated rings. The van der Waals surface area contributed by atoms with Crippen molar-refractivity contribution in [1.82, 2.24) is 14.8 Å². The van der Waals surface area contributed by atoms with Gasteiger partial charge in [0.2, 0.25) is 0 Å². The van der Waals surface area contributed by atoms with Crippen molar-refractivity contribution in [2.75, 3.05) is 20.8 Å². The number of halogens is 1. The highest BCUT2D eigenvalue weighted by Crippen LogP contribution is 2.40. The molecule has 0 bridgehead atoms. The zero-order valence-electron chi connectivity index (χ0n) is 19.2. The number of hydrogen-bond donors (Lipinski definition) is 0. The van der Waals surface area contributed by atoms with E-state index in [0.717, 1.165) is 56.3 Å². The first kappa shape index (κ1) is 23.4. The van der Waals surface area contributed by atoms with Gasteiger partial charge in [-0.05, 0) is 64.1 Å². The van der Waals surface area contributed by atoms with Crippen molar-refractivity contribution in [3.63, 3.8) is 0 Å². The number of nitrogens with zero attached hydrogens (tertiary/aromatic N) is 3. The van der Waals surface area contributed by atoms with Gasteiger partial charge in [0.15, 0.2) is 0 Å². The van der Waals surface area contributed by atoms with E-state index < -0.39 is 0 Å². The first-order chi connectivity index (χ1) is 15.0. The van der Waals surface area contributed by atoms with E-state index in [1.54, 1.807) is 14.2 Å². The van der Waals surface area contributed by atoms with Gasteiger partial charge in [-0.25, -0.2) is 0 Å². The predicted molar refractivity (Wildman–Crippen MR) is 130 cm³/mol. The molecule has 7 heteroatoms. The molecule has 0 radical (unpaired) electrons. The Bertz CT molecular complexity index is 1250. The Labute approximate surface area is 194 Å². The SMILES string of the molecule is CCOc1ccc(-n2c(C)c3c(C)nnc(-c4ccc(OC)cc4OC)c3c2C)cc1.Cl. The fourth-order valence-corrected chi connectivity index (χ4v) is 4.22. The van der Waals surface area contributed by atoms with Gasteiger partial charge in [-0.2, -0.15) is 5.10 Å². The molecule has 0 saturated heterocycles. The van der Waals surface area contributed by atoms with Gasteiger partial charge in [-0.1, -0.05) is 0 Å². The number of methoxy groups -OCH3 is 2. The van der Waals surface area contributed by atoms with E-state index >= 15 is 0 Å². The second-order valence-corrected chi connectivity index (χ2v) is 7.38. The third-order valence-corrected chi connectivity index (χ3v) is 5.61. The lowest BCUT2D eigenvalue weighted by atomic mass is 10.0. The van der Waals surface area contributed by atoms with Crippen molar-refractivity contribution in [2.45, 2.75) is 27.7 Å².